The quantitative estimate of drug-likeness (QED) is 0.531. The van der Waals surface area contributed by atoms with E-state index in [0.717, 1.165) is 11.1 Å². The van der Waals surface area contributed by atoms with Gasteiger partial charge in [0, 0.05) is 7.05 Å². The van der Waals surface area contributed by atoms with Crippen molar-refractivity contribution < 1.29 is 22.7 Å². The van der Waals surface area contributed by atoms with Crippen molar-refractivity contribution >= 4 is 27.5 Å². The van der Waals surface area contributed by atoms with E-state index in [2.05, 4.69) is 0 Å². The average molecular weight is 518 g/mol. The second-order valence-corrected chi connectivity index (χ2v) is 11.6. The van der Waals surface area contributed by atoms with Gasteiger partial charge in [0.2, 0.25) is 11.8 Å². The minimum absolute atomic E-state index is 0.125. The normalized spacial score (nSPS) is 26.7. The third-order valence-electron chi connectivity index (χ3n) is 8.13. The van der Waals surface area contributed by atoms with Crippen molar-refractivity contribution in [3.05, 3.63) is 90.0 Å². The van der Waals surface area contributed by atoms with E-state index < -0.39 is 33.7 Å². The molecule has 3 aliphatic rings. The molecule has 8 nitrogen and oxygen atoms in total. The Balaban J connectivity index is 1.66. The largest absolute Gasteiger partial charge is 0.497 e. The molecule has 0 saturated carbocycles. The van der Waals surface area contributed by atoms with E-state index in [-0.39, 0.29) is 23.1 Å². The van der Waals surface area contributed by atoms with Gasteiger partial charge < -0.3 is 14.5 Å². The highest BCUT2D eigenvalue weighted by atomic mass is 32.2. The number of rotatable bonds is 4. The van der Waals surface area contributed by atoms with Crippen molar-refractivity contribution in [1.29, 1.82) is 0 Å². The highest BCUT2D eigenvalue weighted by molar-refractivity contribution is 7.92. The molecule has 0 radical (unpaired) electrons. The van der Waals surface area contributed by atoms with Crippen molar-refractivity contribution in [1.82, 2.24) is 9.80 Å². The Bertz CT molecular complexity index is 1510. The number of carbonyl (C=O) groups is 2. The Hall–Kier alpha value is -3.85. The summed E-state index contributed by atoms with van der Waals surface area (Å²) in [4.78, 5) is 30.5. The van der Waals surface area contributed by atoms with E-state index in [1.165, 1.54) is 14.1 Å². The van der Waals surface area contributed by atoms with Crippen molar-refractivity contribution in [2.75, 3.05) is 18.5 Å². The Kier molecular flexibility index (Phi) is 5.14. The zero-order chi connectivity index (χ0) is 26.1. The SMILES string of the molecule is COc1ccc([C@]23C[C@H]4C(=O)N(C)[C@@H](C)C(=O)N4[C@H]2N(S(=O)(=O)c2ccccc2)c2ccccc23)cc1. The Morgan fingerprint density at radius 3 is 2.22 bits per heavy atom. The highest BCUT2D eigenvalue weighted by Crippen LogP contribution is 2.59. The summed E-state index contributed by atoms with van der Waals surface area (Å²) < 4.78 is 35.3. The van der Waals surface area contributed by atoms with Gasteiger partial charge in [-0.3, -0.25) is 9.59 Å². The van der Waals surface area contributed by atoms with Gasteiger partial charge in [0.15, 0.2) is 0 Å². The number of amides is 2. The molecule has 3 aliphatic heterocycles. The zero-order valence-corrected chi connectivity index (χ0v) is 21.6. The highest BCUT2D eigenvalue weighted by Gasteiger charge is 2.68. The fraction of sp³-hybridized carbons (Fsp3) is 0.286. The van der Waals surface area contributed by atoms with Gasteiger partial charge in [0.25, 0.3) is 10.0 Å². The topological polar surface area (TPSA) is 87.2 Å². The van der Waals surface area contributed by atoms with Crippen LogP contribution in [0.15, 0.2) is 83.8 Å². The Morgan fingerprint density at radius 2 is 1.54 bits per heavy atom. The molecule has 3 aromatic carbocycles. The Morgan fingerprint density at radius 1 is 0.892 bits per heavy atom. The summed E-state index contributed by atoms with van der Waals surface area (Å²) in [5, 5.41) is 0. The van der Waals surface area contributed by atoms with Crippen molar-refractivity contribution in [3.63, 3.8) is 0 Å². The molecule has 190 valence electrons. The maximum atomic E-state index is 14.3. The number of para-hydroxylation sites is 1. The molecule has 9 heteroatoms. The molecular formula is C28H27N3O5S. The number of likely N-dealkylation sites (N-methyl/N-ethyl adjacent to an activating group) is 1. The Labute approximate surface area is 216 Å². The van der Waals surface area contributed by atoms with Crippen LogP contribution in [0.5, 0.6) is 5.75 Å². The lowest BCUT2D eigenvalue weighted by Gasteiger charge is -2.44. The van der Waals surface area contributed by atoms with Crippen LogP contribution in [0.3, 0.4) is 0 Å². The first-order valence-corrected chi connectivity index (χ1v) is 13.6. The number of ether oxygens (including phenoxy) is 1. The average Bonchev–Trinajstić information content (AvgIpc) is 3.42. The van der Waals surface area contributed by atoms with Crippen LogP contribution >= 0.6 is 0 Å². The van der Waals surface area contributed by atoms with Gasteiger partial charge >= 0.3 is 0 Å². The van der Waals surface area contributed by atoms with E-state index in [1.54, 1.807) is 63.5 Å². The second-order valence-electron chi connectivity index (χ2n) is 9.80. The number of carbonyl (C=O) groups excluding carboxylic acids is 2. The summed E-state index contributed by atoms with van der Waals surface area (Å²) in [7, 11) is -0.887. The van der Waals surface area contributed by atoms with Crippen LogP contribution in [0, 0.1) is 0 Å². The molecule has 3 aromatic rings. The number of piperazine rings is 1. The van der Waals surface area contributed by atoms with E-state index in [9.17, 15) is 18.0 Å². The fourth-order valence-corrected chi connectivity index (χ4v) is 7.91. The molecule has 0 spiro atoms. The van der Waals surface area contributed by atoms with Gasteiger partial charge in [0.05, 0.1) is 23.1 Å². The number of benzene rings is 3. The third kappa shape index (κ3) is 3.03. The first kappa shape index (κ1) is 23.5. The van der Waals surface area contributed by atoms with Crippen LogP contribution < -0.4 is 9.04 Å². The maximum Gasteiger partial charge on any atom is 0.266 e. The number of hydrogen-bond donors (Lipinski definition) is 0. The lowest BCUT2D eigenvalue weighted by atomic mass is 9.72. The molecular weight excluding hydrogens is 490 g/mol. The van der Waals surface area contributed by atoms with Gasteiger partial charge in [-0.05, 0) is 54.8 Å². The molecule has 0 N–H and O–H groups in total. The van der Waals surface area contributed by atoms with Crippen LogP contribution in [-0.4, -0.2) is 62.4 Å². The third-order valence-corrected chi connectivity index (χ3v) is 9.91. The molecule has 2 amide bonds. The number of nitrogens with zero attached hydrogens (tertiary/aromatic N) is 3. The molecule has 2 fully saturated rings. The number of sulfonamides is 1. The minimum atomic E-state index is -4.10. The first-order chi connectivity index (χ1) is 17.7. The molecule has 2 saturated heterocycles. The van der Waals surface area contributed by atoms with Crippen LogP contribution in [0.2, 0.25) is 0 Å². The molecule has 4 atom stereocenters. The van der Waals surface area contributed by atoms with Gasteiger partial charge in [-0.2, -0.15) is 0 Å². The van der Waals surface area contributed by atoms with Gasteiger partial charge in [-0.15, -0.1) is 0 Å². The monoisotopic (exact) mass is 517 g/mol. The molecule has 0 bridgehead atoms. The van der Waals surface area contributed by atoms with Gasteiger partial charge in [0.1, 0.15) is 24.0 Å². The van der Waals surface area contributed by atoms with Gasteiger partial charge in [-0.1, -0.05) is 48.5 Å². The van der Waals surface area contributed by atoms with Crippen LogP contribution in [0.1, 0.15) is 24.5 Å². The standard InChI is InChI=1S/C28H27N3O5S/c1-18-25(32)30-24(26(33)29(18)2)17-28(19-13-15-20(36-3)16-14-19)22-11-7-8-12-23(22)31(27(28)30)37(34,35)21-9-5-4-6-10-21/h4-16,18,24,27H,17H2,1-3H3/t18-,24-,27-,28-/m0/s1. The number of methoxy groups -OCH3 is 1. The number of anilines is 1. The van der Waals surface area contributed by atoms with E-state index in [4.69, 9.17) is 4.74 Å². The van der Waals surface area contributed by atoms with Crippen LogP contribution in [-0.2, 0) is 25.0 Å². The van der Waals surface area contributed by atoms with Gasteiger partial charge in [-0.25, -0.2) is 12.7 Å². The fourth-order valence-electron chi connectivity index (χ4n) is 6.22. The van der Waals surface area contributed by atoms with Crippen molar-refractivity contribution in [2.45, 2.75) is 41.9 Å². The zero-order valence-electron chi connectivity index (χ0n) is 20.7. The molecule has 37 heavy (non-hydrogen) atoms. The van der Waals surface area contributed by atoms with E-state index in [1.807, 2.05) is 36.4 Å². The summed E-state index contributed by atoms with van der Waals surface area (Å²) in [6.45, 7) is 1.68. The summed E-state index contributed by atoms with van der Waals surface area (Å²) in [5.74, 6) is 0.199. The molecule has 0 aromatic heterocycles. The predicted octanol–water partition coefficient (Wildman–Crippen LogP) is 2.98. The predicted molar refractivity (Wildman–Crippen MR) is 138 cm³/mol. The molecule has 6 rings (SSSR count). The molecule has 0 aliphatic carbocycles. The van der Waals surface area contributed by atoms with E-state index >= 15 is 0 Å². The number of hydrogen-bond acceptors (Lipinski definition) is 5. The summed E-state index contributed by atoms with van der Waals surface area (Å²) >= 11 is 0. The summed E-state index contributed by atoms with van der Waals surface area (Å²) in [6, 6.07) is 21.5. The molecule has 3 heterocycles. The minimum Gasteiger partial charge on any atom is -0.497 e. The lowest BCUT2D eigenvalue weighted by Crippen LogP contribution is -2.65. The molecule has 0 unspecified atom stereocenters. The van der Waals surface area contributed by atoms with Crippen LogP contribution in [0.25, 0.3) is 0 Å². The van der Waals surface area contributed by atoms with Crippen molar-refractivity contribution in [3.8, 4) is 5.75 Å². The summed E-state index contributed by atoms with van der Waals surface area (Å²) in [5.41, 5.74) is 1.15. The lowest BCUT2D eigenvalue weighted by molar-refractivity contribution is -0.158. The maximum absolute atomic E-state index is 14.3. The second kappa shape index (κ2) is 8.08. The number of fused-ring (bicyclic) bond motifs is 5. The smallest absolute Gasteiger partial charge is 0.266 e. The first-order valence-electron chi connectivity index (χ1n) is 12.2. The van der Waals surface area contributed by atoms with Crippen molar-refractivity contribution in [2.24, 2.45) is 0 Å². The van der Waals surface area contributed by atoms with Crippen LogP contribution in [0.4, 0.5) is 5.69 Å². The van der Waals surface area contributed by atoms with E-state index in [0.29, 0.717) is 11.4 Å². The summed E-state index contributed by atoms with van der Waals surface area (Å²) in [6.07, 6.45) is -0.676.